The summed E-state index contributed by atoms with van der Waals surface area (Å²) < 4.78 is 0. The van der Waals surface area contributed by atoms with Gasteiger partial charge in [0.25, 0.3) is 0 Å². The number of para-hydroxylation sites is 1. The van der Waals surface area contributed by atoms with Crippen molar-refractivity contribution in [3.8, 4) is 0 Å². The number of benzene rings is 1. The normalized spacial score (nSPS) is 24.6. The Hall–Kier alpha value is -1.02. The van der Waals surface area contributed by atoms with Crippen LogP contribution in [0.4, 0.5) is 5.69 Å². The minimum Gasteiger partial charge on any atom is -0.392 e. The summed E-state index contributed by atoms with van der Waals surface area (Å²) in [5, 5.41) is 9.38. The standard InChI is InChI=1S/C15H23NO/c1-12-7-9-14(10-8-12)16(2)15-6-4-3-5-13(15)11-17/h3-6,12,14,17H,7-11H2,1-2H3. The van der Waals surface area contributed by atoms with E-state index in [1.165, 1.54) is 31.4 Å². The van der Waals surface area contributed by atoms with Crippen molar-refractivity contribution in [2.75, 3.05) is 11.9 Å². The van der Waals surface area contributed by atoms with E-state index in [0.717, 1.165) is 11.5 Å². The van der Waals surface area contributed by atoms with E-state index in [1.807, 2.05) is 12.1 Å². The fourth-order valence-corrected chi connectivity index (χ4v) is 2.82. The topological polar surface area (TPSA) is 23.5 Å². The molecular formula is C15H23NO. The Kier molecular flexibility index (Phi) is 4.06. The zero-order valence-electron chi connectivity index (χ0n) is 10.9. The van der Waals surface area contributed by atoms with Crippen LogP contribution in [0.15, 0.2) is 24.3 Å². The van der Waals surface area contributed by atoms with Crippen LogP contribution in [0.2, 0.25) is 0 Å². The molecule has 1 saturated carbocycles. The maximum Gasteiger partial charge on any atom is 0.0702 e. The number of aliphatic hydroxyl groups excluding tert-OH is 1. The highest BCUT2D eigenvalue weighted by atomic mass is 16.3. The average Bonchev–Trinajstić information content (AvgIpc) is 2.39. The summed E-state index contributed by atoms with van der Waals surface area (Å²) in [6, 6.07) is 8.81. The molecule has 0 heterocycles. The molecule has 1 fully saturated rings. The summed E-state index contributed by atoms with van der Waals surface area (Å²) in [6.07, 6.45) is 5.21. The molecule has 2 heteroatoms. The Morgan fingerprint density at radius 2 is 1.82 bits per heavy atom. The third-order valence-electron chi connectivity index (χ3n) is 4.08. The molecule has 2 nitrogen and oxygen atoms in total. The van der Waals surface area contributed by atoms with Crippen LogP contribution >= 0.6 is 0 Å². The van der Waals surface area contributed by atoms with Crippen LogP contribution in [0, 0.1) is 5.92 Å². The van der Waals surface area contributed by atoms with E-state index < -0.39 is 0 Å². The number of aliphatic hydroxyl groups is 1. The van der Waals surface area contributed by atoms with Crippen molar-refractivity contribution in [3.63, 3.8) is 0 Å². The minimum atomic E-state index is 0.129. The molecule has 1 aromatic carbocycles. The van der Waals surface area contributed by atoms with E-state index in [4.69, 9.17) is 0 Å². The van der Waals surface area contributed by atoms with Gasteiger partial charge in [0, 0.05) is 24.3 Å². The van der Waals surface area contributed by atoms with E-state index in [1.54, 1.807) is 0 Å². The molecule has 0 aliphatic heterocycles. The smallest absolute Gasteiger partial charge is 0.0702 e. The fourth-order valence-electron chi connectivity index (χ4n) is 2.82. The summed E-state index contributed by atoms with van der Waals surface area (Å²) in [5.74, 6) is 0.882. The molecule has 0 unspecified atom stereocenters. The Labute approximate surface area is 104 Å². The van der Waals surface area contributed by atoms with Crippen LogP contribution in [0.25, 0.3) is 0 Å². The van der Waals surface area contributed by atoms with E-state index in [-0.39, 0.29) is 6.61 Å². The minimum absolute atomic E-state index is 0.129. The Morgan fingerprint density at radius 1 is 1.18 bits per heavy atom. The first-order valence-corrected chi connectivity index (χ1v) is 6.64. The lowest BCUT2D eigenvalue weighted by atomic mass is 9.86. The highest BCUT2D eigenvalue weighted by Gasteiger charge is 2.22. The second-order valence-corrected chi connectivity index (χ2v) is 5.31. The van der Waals surface area contributed by atoms with Crippen molar-refractivity contribution in [1.29, 1.82) is 0 Å². The lowest BCUT2D eigenvalue weighted by molar-refractivity contribution is 0.281. The molecule has 1 aliphatic carbocycles. The largest absolute Gasteiger partial charge is 0.392 e. The number of anilines is 1. The van der Waals surface area contributed by atoms with Crippen LogP contribution in [0.5, 0.6) is 0 Å². The van der Waals surface area contributed by atoms with E-state index in [2.05, 4.69) is 31.0 Å². The zero-order valence-corrected chi connectivity index (χ0v) is 10.9. The number of rotatable bonds is 3. The summed E-state index contributed by atoms with van der Waals surface area (Å²) >= 11 is 0. The Balaban J connectivity index is 2.10. The molecule has 0 bridgehead atoms. The highest BCUT2D eigenvalue weighted by Crippen LogP contribution is 2.30. The molecule has 0 amide bonds. The van der Waals surface area contributed by atoms with Gasteiger partial charge in [0.1, 0.15) is 0 Å². The van der Waals surface area contributed by atoms with Gasteiger partial charge in [-0.05, 0) is 37.7 Å². The number of hydrogen-bond acceptors (Lipinski definition) is 2. The molecule has 1 aliphatic rings. The van der Waals surface area contributed by atoms with Crippen LogP contribution in [0.1, 0.15) is 38.2 Å². The monoisotopic (exact) mass is 233 g/mol. The summed E-state index contributed by atoms with van der Waals surface area (Å²) in [7, 11) is 2.16. The van der Waals surface area contributed by atoms with Crippen LogP contribution in [0.3, 0.4) is 0 Å². The van der Waals surface area contributed by atoms with Gasteiger partial charge in [-0.2, -0.15) is 0 Å². The Bertz CT molecular complexity index is 356. The molecule has 0 radical (unpaired) electrons. The van der Waals surface area contributed by atoms with Crippen LogP contribution < -0.4 is 4.90 Å². The lowest BCUT2D eigenvalue weighted by Crippen LogP contribution is -2.35. The summed E-state index contributed by atoms with van der Waals surface area (Å²) in [4.78, 5) is 2.36. The molecule has 17 heavy (non-hydrogen) atoms. The molecule has 94 valence electrons. The first-order chi connectivity index (χ1) is 8.22. The van der Waals surface area contributed by atoms with Gasteiger partial charge >= 0.3 is 0 Å². The van der Waals surface area contributed by atoms with Crippen LogP contribution in [-0.2, 0) is 6.61 Å². The third kappa shape index (κ3) is 2.81. The lowest BCUT2D eigenvalue weighted by Gasteiger charge is -2.36. The van der Waals surface area contributed by atoms with Gasteiger partial charge in [-0.3, -0.25) is 0 Å². The summed E-state index contributed by atoms with van der Waals surface area (Å²) in [5.41, 5.74) is 2.23. The number of nitrogens with zero attached hydrogens (tertiary/aromatic N) is 1. The molecule has 1 N–H and O–H groups in total. The third-order valence-corrected chi connectivity index (χ3v) is 4.08. The van der Waals surface area contributed by atoms with Crippen molar-refractivity contribution >= 4 is 5.69 Å². The van der Waals surface area contributed by atoms with Crippen molar-refractivity contribution in [2.45, 2.75) is 45.3 Å². The quantitative estimate of drug-likeness (QED) is 0.866. The van der Waals surface area contributed by atoms with Gasteiger partial charge in [0.05, 0.1) is 6.61 Å². The van der Waals surface area contributed by atoms with Gasteiger partial charge in [-0.1, -0.05) is 25.1 Å². The van der Waals surface area contributed by atoms with Gasteiger partial charge in [0.2, 0.25) is 0 Å². The second-order valence-electron chi connectivity index (χ2n) is 5.31. The molecule has 1 aromatic rings. The van der Waals surface area contributed by atoms with E-state index in [9.17, 15) is 5.11 Å². The molecule has 0 saturated heterocycles. The Morgan fingerprint density at radius 3 is 2.47 bits per heavy atom. The van der Waals surface area contributed by atoms with Gasteiger partial charge in [-0.25, -0.2) is 0 Å². The van der Waals surface area contributed by atoms with Crippen molar-refractivity contribution in [2.24, 2.45) is 5.92 Å². The molecule has 2 rings (SSSR count). The average molecular weight is 233 g/mol. The molecular weight excluding hydrogens is 210 g/mol. The predicted octanol–water partition coefficient (Wildman–Crippen LogP) is 3.19. The van der Waals surface area contributed by atoms with Crippen molar-refractivity contribution in [1.82, 2.24) is 0 Å². The van der Waals surface area contributed by atoms with E-state index >= 15 is 0 Å². The van der Waals surface area contributed by atoms with Crippen molar-refractivity contribution < 1.29 is 5.11 Å². The van der Waals surface area contributed by atoms with Gasteiger partial charge < -0.3 is 10.0 Å². The first kappa shape index (κ1) is 12.4. The number of hydrogen-bond donors (Lipinski definition) is 1. The highest BCUT2D eigenvalue weighted by molar-refractivity contribution is 5.53. The maximum atomic E-state index is 9.38. The molecule has 0 spiro atoms. The van der Waals surface area contributed by atoms with Gasteiger partial charge in [-0.15, -0.1) is 0 Å². The maximum absolute atomic E-state index is 9.38. The van der Waals surface area contributed by atoms with Crippen LogP contribution in [-0.4, -0.2) is 18.2 Å². The van der Waals surface area contributed by atoms with Crippen molar-refractivity contribution in [3.05, 3.63) is 29.8 Å². The zero-order chi connectivity index (χ0) is 12.3. The van der Waals surface area contributed by atoms with E-state index in [0.29, 0.717) is 6.04 Å². The molecule has 0 aromatic heterocycles. The summed E-state index contributed by atoms with van der Waals surface area (Å²) in [6.45, 7) is 2.47. The SMILES string of the molecule is CC1CCC(N(C)c2ccccc2CO)CC1. The predicted molar refractivity (Wildman–Crippen MR) is 72.2 cm³/mol. The second kappa shape index (κ2) is 5.54. The van der Waals surface area contributed by atoms with Gasteiger partial charge in [0.15, 0.2) is 0 Å². The fraction of sp³-hybridized carbons (Fsp3) is 0.600. The molecule has 0 atom stereocenters. The first-order valence-electron chi connectivity index (χ1n) is 6.64.